The van der Waals surface area contributed by atoms with Crippen molar-refractivity contribution >= 4 is 22.7 Å². The first-order chi connectivity index (χ1) is 10.7. The lowest BCUT2D eigenvalue weighted by Crippen LogP contribution is -2.05. The van der Waals surface area contributed by atoms with Gasteiger partial charge in [-0.1, -0.05) is 0 Å². The molecule has 0 unspecified atom stereocenters. The maximum absolute atomic E-state index is 12.7. The van der Waals surface area contributed by atoms with E-state index in [4.69, 9.17) is 0 Å². The van der Waals surface area contributed by atoms with Crippen LogP contribution in [0.4, 0.5) is 13.2 Å². The third kappa shape index (κ3) is 3.25. The van der Waals surface area contributed by atoms with Gasteiger partial charge in [-0.25, -0.2) is 19.9 Å². The fraction of sp³-hybridized carbons (Fsp3) is 0.286. The molecule has 0 atom stereocenters. The summed E-state index contributed by atoms with van der Waals surface area (Å²) in [7, 11) is 0. The van der Waals surface area contributed by atoms with E-state index >= 15 is 0 Å². The van der Waals surface area contributed by atoms with Crippen LogP contribution in [-0.2, 0) is 6.18 Å². The molecule has 120 valence electrons. The summed E-state index contributed by atoms with van der Waals surface area (Å²) in [6.45, 7) is 5.63. The molecule has 3 aromatic rings. The summed E-state index contributed by atoms with van der Waals surface area (Å²) in [5.74, 6) is 0.186. The molecule has 0 N–H and O–H groups in total. The molecule has 0 aliphatic carbocycles. The van der Waals surface area contributed by atoms with Gasteiger partial charge in [-0.2, -0.15) is 13.2 Å². The van der Waals surface area contributed by atoms with Crippen LogP contribution in [0.3, 0.4) is 0 Å². The summed E-state index contributed by atoms with van der Waals surface area (Å²) in [4.78, 5) is 17.7. The van der Waals surface area contributed by atoms with Gasteiger partial charge >= 0.3 is 6.18 Å². The van der Waals surface area contributed by atoms with Crippen LogP contribution in [0.2, 0.25) is 0 Å². The predicted molar refractivity (Wildman–Crippen MR) is 83.5 cm³/mol. The van der Waals surface area contributed by atoms with E-state index in [0.29, 0.717) is 11.4 Å². The zero-order chi connectivity index (χ0) is 16.8. The van der Waals surface area contributed by atoms with E-state index in [9.17, 15) is 13.2 Å². The molecule has 9 heteroatoms. The second-order valence-electron chi connectivity index (χ2n) is 4.91. The summed E-state index contributed by atoms with van der Waals surface area (Å²) >= 11 is 2.37. The van der Waals surface area contributed by atoms with Crippen LogP contribution in [0.15, 0.2) is 11.4 Å². The number of rotatable bonds is 2. The van der Waals surface area contributed by atoms with E-state index in [2.05, 4.69) is 19.9 Å². The molecule has 0 radical (unpaired) electrons. The van der Waals surface area contributed by atoms with E-state index in [-0.39, 0.29) is 10.8 Å². The second-order valence-corrected chi connectivity index (χ2v) is 6.98. The SMILES string of the molecule is Cc1cc(-c2nc(C)c(C)s2)nc(-c2nc(C(F)(F)F)cs2)n1. The quantitative estimate of drug-likeness (QED) is 0.670. The summed E-state index contributed by atoms with van der Waals surface area (Å²) in [5, 5.41) is 1.84. The Labute approximate surface area is 138 Å². The number of hydrogen-bond donors (Lipinski definition) is 0. The van der Waals surface area contributed by atoms with Gasteiger partial charge in [0.05, 0.1) is 5.69 Å². The molecule has 4 nitrogen and oxygen atoms in total. The standard InChI is InChI=1S/C14H11F3N4S2/c1-6-4-9(12-19-7(2)8(3)23-12)20-11(18-6)13-21-10(5-22-13)14(15,16)17/h4-5H,1-3H3. The second kappa shape index (κ2) is 5.64. The Morgan fingerprint density at radius 3 is 2.26 bits per heavy atom. The van der Waals surface area contributed by atoms with Gasteiger partial charge in [0, 0.05) is 16.0 Å². The maximum atomic E-state index is 12.7. The molecule has 23 heavy (non-hydrogen) atoms. The van der Waals surface area contributed by atoms with Crippen molar-refractivity contribution in [3.63, 3.8) is 0 Å². The molecule has 3 rings (SSSR count). The van der Waals surface area contributed by atoms with Crippen molar-refractivity contribution < 1.29 is 13.2 Å². The number of aromatic nitrogens is 4. The van der Waals surface area contributed by atoms with Crippen LogP contribution in [0.5, 0.6) is 0 Å². The first-order valence-corrected chi connectivity index (χ1v) is 8.27. The first kappa shape index (κ1) is 16.0. The third-order valence-corrected chi connectivity index (χ3v) is 5.02. The number of aryl methyl sites for hydroxylation is 3. The van der Waals surface area contributed by atoms with E-state index in [1.54, 1.807) is 13.0 Å². The van der Waals surface area contributed by atoms with Crippen molar-refractivity contribution in [1.82, 2.24) is 19.9 Å². The van der Waals surface area contributed by atoms with Gasteiger partial charge in [-0.05, 0) is 26.8 Å². The fourth-order valence-electron chi connectivity index (χ4n) is 1.86. The van der Waals surface area contributed by atoms with Gasteiger partial charge in [0.25, 0.3) is 0 Å². The molecule has 3 aromatic heterocycles. The lowest BCUT2D eigenvalue weighted by Gasteiger charge is -2.02. The first-order valence-electron chi connectivity index (χ1n) is 6.57. The number of hydrogen-bond acceptors (Lipinski definition) is 6. The van der Waals surface area contributed by atoms with Crippen LogP contribution < -0.4 is 0 Å². The molecule has 0 saturated heterocycles. The van der Waals surface area contributed by atoms with Crippen LogP contribution in [0.1, 0.15) is 22.0 Å². The maximum Gasteiger partial charge on any atom is 0.434 e. The highest BCUT2D eigenvalue weighted by Crippen LogP contribution is 2.33. The zero-order valence-corrected chi connectivity index (χ0v) is 14.0. The average molecular weight is 356 g/mol. The van der Waals surface area contributed by atoms with E-state index < -0.39 is 11.9 Å². The van der Waals surface area contributed by atoms with Crippen molar-refractivity contribution in [2.75, 3.05) is 0 Å². The van der Waals surface area contributed by atoms with Gasteiger partial charge in [-0.3, -0.25) is 0 Å². The molecule has 0 fully saturated rings. The van der Waals surface area contributed by atoms with E-state index in [0.717, 1.165) is 32.3 Å². The normalized spacial score (nSPS) is 11.9. The van der Waals surface area contributed by atoms with Crippen molar-refractivity contribution in [3.05, 3.63) is 33.4 Å². The van der Waals surface area contributed by atoms with Gasteiger partial charge in [-0.15, -0.1) is 22.7 Å². The molecule has 0 bridgehead atoms. The van der Waals surface area contributed by atoms with Gasteiger partial charge < -0.3 is 0 Å². The lowest BCUT2D eigenvalue weighted by molar-refractivity contribution is -0.140. The van der Waals surface area contributed by atoms with Crippen LogP contribution in [0.25, 0.3) is 21.5 Å². The van der Waals surface area contributed by atoms with Crippen molar-refractivity contribution in [2.24, 2.45) is 0 Å². The van der Waals surface area contributed by atoms with Crippen molar-refractivity contribution in [3.8, 4) is 21.5 Å². The summed E-state index contributed by atoms with van der Waals surface area (Å²) in [6.07, 6.45) is -4.47. The Bertz CT molecular complexity index is 848. The van der Waals surface area contributed by atoms with Crippen LogP contribution in [0, 0.1) is 20.8 Å². The highest BCUT2D eigenvalue weighted by molar-refractivity contribution is 7.15. The molecule has 0 aliphatic rings. The molecular weight excluding hydrogens is 345 g/mol. The number of alkyl halides is 3. The Kier molecular flexibility index (Phi) is 3.93. The largest absolute Gasteiger partial charge is 0.434 e. The molecular formula is C14H11F3N4S2. The van der Waals surface area contributed by atoms with E-state index in [1.165, 1.54) is 11.3 Å². The number of thiazole rings is 2. The van der Waals surface area contributed by atoms with E-state index in [1.807, 2.05) is 13.8 Å². The predicted octanol–water partition coefficient (Wildman–Crippen LogP) is 4.67. The van der Waals surface area contributed by atoms with Crippen molar-refractivity contribution in [2.45, 2.75) is 26.9 Å². The Hall–Kier alpha value is -1.87. The minimum absolute atomic E-state index is 0.146. The number of nitrogens with zero attached hydrogens (tertiary/aromatic N) is 4. The minimum Gasteiger partial charge on any atom is -0.239 e. The van der Waals surface area contributed by atoms with Gasteiger partial charge in [0.1, 0.15) is 10.7 Å². The molecule has 0 spiro atoms. The van der Waals surface area contributed by atoms with Gasteiger partial charge in [0.15, 0.2) is 16.5 Å². The molecule has 0 aromatic carbocycles. The third-order valence-electron chi connectivity index (χ3n) is 3.09. The summed E-state index contributed by atoms with van der Waals surface area (Å²) < 4.78 is 38.0. The monoisotopic (exact) mass is 356 g/mol. The Morgan fingerprint density at radius 1 is 0.957 bits per heavy atom. The fourth-order valence-corrected chi connectivity index (χ4v) is 3.50. The minimum atomic E-state index is -4.47. The number of halogens is 3. The average Bonchev–Trinajstić information content (AvgIpc) is 3.06. The lowest BCUT2D eigenvalue weighted by atomic mass is 10.3. The molecule has 0 saturated carbocycles. The Morgan fingerprint density at radius 2 is 1.70 bits per heavy atom. The molecule has 0 aliphatic heterocycles. The Balaban J connectivity index is 2.05. The molecule has 3 heterocycles. The van der Waals surface area contributed by atoms with Gasteiger partial charge in [0.2, 0.25) is 0 Å². The summed E-state index contributed by atoms with van der Waals surface area (Å²) in [6, 6.07) is 1.76. The highest BCUT2D eigenvalue weighted by Gasteiger charge is 2.34. The van der Waals surface area contributed by atoms with Crippen molar-refractivity contribution in [1.29, 1.82) is 0 Å². The molecule has 0 amide bonds. The zero-order valence-electron chi connectivity index (χ0n) is 12.4. The smallest absolute Gasteiger partial charge is 0.239 e. The van der Waals surface area contributed by atoms with Crippen LogP contribution >= 0.6 is 22.7 Å². The topological polar surface area (TPSA) is 51.6 Å². The van der Waals surface area contributed by atoms with Crippen LogP contribution in [-0.4, -0.2) is 19.9 Å². The highest BCUT2D eigenvalue weighted by atomic mass is 32.1. The summed E-state index contributed by atoms with van der Waals surface area (Å²) in [5.41, 5.74) is 1.23.